The van der Waals surface area contributed by atoms with E-state index in [4.69, 9.17) is 11.6 Å². The quantitative estimate of drug-likeness (QED) is 0.387. The third kappa shape index (κ3) is 4.06. The lowest BCUT2D eigenvalue weighted by Crippen LogP contribution is -2.29. The topological polar surface area (TPSA) is 112 Å². The van der Waals surface area contributed by atoms with Crippen molar-refractivity contribution in [3.8, 4) is 11.1 Å². The van der Waals surface area contributed by atoms with Crippen LogP contribution in [0.15, 0.2) is 63.0 Å². The summed E-state index contributed by atoms with van der Waals surface area (Å²) < 4.78 is 28.6. The minimum atomic E-state index is -3.99. The Bertz CT molecular complexity index is 1600. The van der Waals surface area contributed by atoms with E-state index in [1.54, 1.807) is 25.1 Å². The Balaban J connectivity index is 1.70. The lowest BCUT2D eigenvalue weighted by Gasteiger charge is -2.13. The molecule has 7 nitrogen and oxygen atoms in total. The molecule has 0 spiro atoms. The number of hydrogen-bond donors (Lipinski definition) is 3. The number of benzene rings is 3. The van der Waals surface area contributed by atoms with Crippen molar-refractivity contribution in [2.24, 2.45) is 0 Å². The van der Waals surface area contributed by atoms with Gasteiger partial charge in [0.1, 0.15) is 0 Å². The first-order valence-corrected chi connectivity index (χ1v) is 11.6. The van der Waals surface area contributed by atoms with Crippen LogP contribution in [-0.4, -0.2) is 18.4 Å². The molecule has 0 bridgehead atoms. The van der Waals surface area contributed by atoms with Crippen molar-refractivity contribution >= 4 is 38.3 Å². The van der Waals surface area contributed by atoms with E-state index in [1.165, 1.54) is 17.7 Å². The molecular weight excluding hydrogens is 450 g/mol. The Labute approximate surface area is 189 Å². The Hall–Kier alpha value is -3.36. The van der Waals surface area contributed by atoms with E-state index in [-0.39, 0.29) is 10.4 Å². The van der Waals surface area contributed by atoms with E-state index >= 15 is 0 Å². The fourth-order valence-electron chi connectivity index (χ4n) is 3.47. The van der Waals surface area contributed by atoms with Crippen molar-refractivity contribution in [2.45, 2.75) is 25.7 Å². The van der Waals surface area contributed by atoms with Gasteiger partial charge in [-0.2, -0.15) is 0 Å². The predicted octanol–water partition coefficient (Wildman–Crippen LogP) is 4.26. The molecule has 164 valence electrons. The number of halogens is 1. The number of aryl methyl sites for hydroxylation is 3. The molecule has 0 unspecified atom stereocenters. The standard InChI is InChI=1S/C23H20ClN3O4S/c1-12-4-5-15(8-13(12)2)17-7-6-16(10-18(17)24)27-32(30,31)21-11-20-19(9-14(21)3)25-22(28)23(29)26-20/h4-11,27H,1-3H3,(H,25,28)(H,26,29). The van der Waals surface area contributed by atoms with Gasteiger partial charge >= 0.3 is 11.1 Å². The number of hydrogen-bond acceptors (Lipinski definition) is 4. The fraction of sp³-hybridized carbons (Fsp3) is 0.130. The first-order chi connectivity index (χ1) is 15.0. The smallest absolute Gasteiger partial charge is 0.314 e. The molecule has 1 aromatic heterocycles. The molecule has 1 heterocycles. The third-order valence-electron chi connectivity index (χ3n) is 5.35. The molecule has 0 aliphatic carbocycles. The first kappa shape index (κ1) is 21.9. The Morgan fingerprint density at radius 3 is 2.06 bits per heavy atom. The molecule has 0 radical (unpaired) electrons. The van der Waals surface area contributed by atoms with Gasteiger partial charge < -0.3 is 9.97 Å². The molecule has 0 saturated carbocycles. The first-order valence-electron chi connectivity index (χ1n) is 9.72. The zero-order chi connectivity index (χ0) is 23.2. The van der Waals surface area contributed by atoms with Gasteiger partial charge in [0, 0.05) is 5.56 Å². The third-order valence-corrected chi connectivity index (χ3v) is 7.18. The Morgan fingerprint density at radius 1 is 0.781 bits per heavy atom. The highest BCUT2D eigenvalue weighted by molar-refractivity contribution is 7.92. The SMILES string of the molecule is Cc1ccc(-c2ccc(NS(=O)(=O)c3cc4[nH]c(=O)c(=O)[nH]c4cc3C)cc2Cl)cc1C. The summed E-state index contributed by atoms with van der Waals surface area (Å²) in [6, 6.07) is 13.8. The van der Waals surface area contributed by atoms with E-state index < -0.39 is 21.1 Å². The average Bonchev–Trinajstić information content (AvgIpc) is 2.71. The van der Waals surface area contributed by atoms with E-state index in [0.717, 1.165) is 16.7 Å². The van der Waals surface area contributed by atoms with Crippen molar-refractivity contribution in [3.05, 3.63) is 91.0 Å². The van der Waals surface area contributed by atoms with Gasteiger partial charge in [-0.1, -0.05) is 35.9 Å². The Morgan fingerprint density at radius 2 is 1.44 bits per heavy atom. The van der Waals surface area contributed by atoms with Crippen molar-refractivity contribution in [1.82, 2.24) is 9.97 Å². The van der Waals surface area contributed by atoms with Gasteiger partial charge in [0.05, 0.1) is 26.6 Å². The van der Waals surface area contributed by atoms with Gasteiger partial charge in [-0.25, -0.2) is 8.42 Å². The van der Waals surface area contributed by atoms with Crippen LogP contribution in [0, 0.1) is 20.8 Å². The summed E-state index contributed by atoms with van der Waals surface area (Å²) >= 11 is 6.46. The summed E-state index contributed by atoms with van der Waals surface area (Å²) in [4.78, 5) is 27.9. The second-order valence-corrected chi connectivity index (χ2v) is 9.73. The number of sulfonamides is 1. The van der Waals surface area contributed by atoms with Crippen molar-refractivity contribution in [1.29, 1.82) is 0 Å². The molecule has 0 amide bonds. The van der Waals surface area contributed by atoms with Crippen LogP contribution in [0.1, 0.15) is 16.7 Å². The summed E-state index contributed by atoms with van der Waals surface area (Å²) in [5.41, 5.74) is 3.64. The summed E-state index contributed by atoms with van der Waals surface area (Å²) in [7, 11) is -3.99. The normalized spacial score (nSPS) is 11.6. The highest BCUT2D eigenvalue weighted by Gasteiger charge is 2.19. The molecule has 3 N–H and O–H groups in total. The van der Waals surface area contributed by atoms with E-state index in [2.05, 4.69) is 14.7 Å². The fourth-order valence-corrected chi connectivity index (χ4v) is 5.07. The van der Waals surface area contributed by atoms with Crippen LogP contribution in [-0.2, 0) is 10.0 Å². The molecule has 4 rings (SSSR count). The van der Waals surface area contributed by atoms with Crippen molar-refractivity contribution in [2.75, 3.05) is 4.72 Å². The second-order valence-electron chi connectivity index (χ2n) is 7.67. The van der Waals surface area contributed by atoms with Crippen LogP contribution in [0.4, 0.5) is 5.69 Å². The summed E-state index contributed by atoms with van der Waals surface area (Å²) in [5.74, 6) is 0. The molecule has 0 aliphatic rings. The molecule has 0 atom stereocenters. The number of anilines is 1. The molecular formula is C23H20ClN3O4S. The monoisotopic (exact) mass is 469 g/mol. The molecule has 4 aromatic rings. The Kier molecular flexibility index (Phi) is 5.44. The van der Waals surface area contributed by atoms with Crippen LogP contribution < -0.4 is 15.8 Å². The van der Waals surface area contributed by atoms with Crippen LogP contribution in [0.5, 0.6) is 0 Å². The summed E-state index contributed by atoms with van der Waals surface area (Å²) in [6.07, 6.45) is 0. The van der Waals surface area contributed by atoms with E-state index in [0.29, 0.717) is 21.8 Å². The van der Waals surface area contributed by atoms with Crippen LogP contribution >= 0.6 is 11.6 Å². The summed E-state index contributed by atoms with van der Waals surface area (Å²) in [6.45, 7) is 5.65. The predicted molar refractivity (Wildman–Crippen MR) is 127 cm³/mol. The number of nitrogens with one attached hydrogen (secondary N) is 3. The minimum absolute atomic E-state index is 0.0259. The maximum atomic E-state index is 13.0. The molecule has 0 fully saturated rings. The molecule has 0 aliphatic heterocycles. The van der Waals surface area contributed by atoms with Gasteiger partial charge in [-0.15, -0.1) is 0 Å². The molecule has 3 aromatic carbocycles. The number of aromatic nitrogens is 2. The van der Waals surface area contributed by atoms with Gasteiger partial charge in [0.15, 0.2) is 0 Å². The minimum Gasteiger partial charge on any atom is -0.316 e. The number of rotatable bonds is 4. The average molecular weight is 470 g/mol. The lowest BCUT2D eigenvalue weighted by molar-refractivity contribution is 0.600. The van der Waals surface area contributed by atoms with Gasteiger partial charge in [0.25, 0.3) is 10.0 Å². The molecule has 32 heavy (non-hydrogen) atoms. The molecule has 0 saturated heterocycles. The molecule has 9 heteroatoms. The zero-order valence-corrected chi connectivity index (χ0v) is 19.1. The zero-order valence-electron chi connectivity index (χ0n) is 17.5. The van der Waals surface area contributed by atoms with Crippen LogP contribution in [0.3, 0.4) is 0 Å². The summed E-state index contributed by atoms with van der Waals surface area (Å²) in [5, 5.41) is 0.408. The van der Waals surface area contributed by atoms with Crippen LogP contribution in [0.2, 0.25) is 5.02 Å². The maximum absolute atomic E-state index is 13.0. The van der Waals surface area contributed by atoms with Gasteiger partial charge in [-0.05, 0) is 67.3 Å². The number of aromatic amines is 2. The van der Waals surface area contributed by atoms with Crippen molar-refractivity contribution < 1.29 is 8.42 Å². The maximum Gasteiger partial charge on any atom is 0.314 e. The highest BCUT2D eigenvalue weighted by Crippen LogP contribution is 2.32. The van der Waals surface area contributed by atoms with Gasteiger partial charge in [-0.3, -0.25) is 14.3 Å². The second kappa shape index (κ2) is 7.96. The van der Waals surface area contributed by atoms with E-state index in [9.17, 15) is 18.0 Å². The highest BCUT2D eigenvalue weighted by atomic mass is 35.5. The van der Waals surface area contributed by atoms with Crippen LogP contribution in [0.25, 0.3) is 22.2 Å². The number of fused-ring (bicyclic) bond motifs is 1. The lowest BCUT2D eigenvalue weighted by atomic mass is 10.0. The van der Waals surface area contributed by atoms with E-state index in [1.807, 2.05) is 32.0 Å². The van der Waals surface area contributed by atoms with Crippen molar-refractivity contribution in [3.63, 3.8) is 0 Å². The largest absolute Gasteiger partial charge is 0.316 e. The van der Waals surface area contributed by atoms with Gasteiger partial charge in [0.2, 0.25) is 0 Å². The number of H-pyrrole nitrogens is 2.